The molecule has 0 amide bonds. The predicted molar refractivity (Wildman–Crippen MR) is 76.3 cm³/mol. The molecular formula is C12H14BrN3S. The van der Waals surface area contributed by atoms with Crippen LogP contribution < -0.4 is 10.6 Å². The van der Waals surface area contributed by atoms with Crippen molar-refractivity contribution in [2.75, 3.05) is 11.9 Å². The number of halogens is 1. The van der Waals surface area contributed by atoms with Gasteiger partial charge in [0.2, 0.25) is 0 Å². The van der Waals surface area contributed by atoms with Crippen LogP contribution in [0.1, 0.15) is 11.1 Å². The van der Waals surface area contributed by atoms with E-state index in [1.165, 1.54) is 5.56 Å². The first-order valence-electron chi connectivity index (χ1n) is 5.28. The zero-order valence-electron chi connectivity index (χ0n) is 9.56. The minimum absolute atomic E-state index is 0.515. The van der Waals surface area contributed by atoms with Gasteiger partial charge in [-0.2, -0.15) is 0 Å². The van der Waals surface area contributed by atoms with Crippen molar-refractivity contribution >= 4 is 33.1 Å². The molecule has 0 aliphatic rings. The molecule has 0 radical (unpaired) electrons. The highest BCUT2D eigenvalue weighted by molar-refractivity contribution is 9.11. The van der Waals surface area contributed by atoms with Gasteiger partial charge in [-0.1, -0.05) is 6.07 Å². The summed E-state index contributed by atoms with van der Waals surface area (Å²) < 4.78 is 1.15. The highest BCUT2D eigenvalue weighted by Gasteiger charge is 2.08. The van der Waals surface area contributed by atoms with E-state index in [-0.39, 0.29) is 0 Å². The van der Waals surface area contributed by atoms with Crippen LogP contribution >= 0.6 is 27.3 Å². The van der Waals surface area contributed by atoms with Gasteiger partial charge in [0.1, 0.15) is 5.82 Å². The maximum absolute atomic E-state index is 5.71. The van der Waals surface area contributed by atoms with Gasteiger partial charge in [-0.25, -0.2) is 4.98 Å². The quantitative estimate of drug-likeness (QED) is 0.944. The van der Waals surface area contributed by atoms with Crippen LogP contribution in [-0.2, 0) is 13.1 Å². The van der Waals surface area contributed by atoms with Gasteiger partial charge < -0.3 is 10.6 Å². The summed E-state index contributed by atoms with van der Waals surface area (Å²) in [5.74, 6) is 0.956. The molecular weight excluding hydrogens is 298 g/mol. The monoisotopic (exact) mass is 311 g/mol. The molecule has 0 atom stereocenters. The van der Waals surface area contributed by atoms with Gasteiger partial charge in [0.15, 0.2) is 0 Å². The molecule has 2 heterocycles. The van der Waals surface area contributed by atoms with E-state index >= 15 is 0 Å². The molecule has 0 saturated carbocycles. The summed E-state index contributed by atoms with van der Waals surface area (Å²) in [6, 6.07) is 6.06. The lowest BCUT2D eigenvalue weighted by Gasteiger charge is -2.20. The molecule has 3 nitrogen and oxygen atoms in total. The molecule has 0 aliphatic carbocycles. The van der Waals surface area contributed by atoms with Gasteiger partial charge >= 0.3 is 0 Å². The first kappa shape index (κ1) is 12.5. The van der Waals surface area contributed by atoms with Crippen molar-refractivity contribution in [2.24, 2.45) is 5.73 Å². The third-order valence-corrected chi connectivity index (χ3v) is 4.04. The summed E-state index contributed by atoms with van der Waals surface area (Å²) in [4.78, 5) is 6.51. The zero-order chi connectivity index (χ0) is 12.3. The molecule has 0 aliphatic heterocycles. The third kappa shape index (κ3) is 3.06. The number of pyridine rings is 1. The highest BCUT2D eigenvalue weighted by Crippen LogP contribution is 2.23. The van der Waals surface area contributed by atoms with Crippen LogP contribution in [0.2, 0.25) is 0 Å². The zero-order valence-corrected chi connectivity index (χ0v) is 12.0. The molecule has 0 bridgehead atoms. The van der Waals surface area contributed by atoms with Crippen molar-refractivity contribution in [3.05, 3.63) is 44.7 Å². The SMILES string of the molecule is CN(Cc1csc(Br)c1)c1ncccc1CN. The lowest BCUT2D eigenvalue weighted by Crippen LogP contribution is -2.19. The Balaban J connectivity index is 2.16. The largest absolute Gasteiger partial charge is 0.355 e. The topological polar surface area (TPSA) is 42.2 Å². The van der Waals surface area contributed by atoms with Crippen molar-refractivity contribution in [1.29, 1.82) is 0 Å². The average molecular weight is 312 g/mol. The van der Waals surface area contributed by atoms with E-state index in [1.54, 1.807) is 17.5 Å². The maximum atomic E-state index is 5.71. The molecule has 0 aromatic carbocycles. The molecule has 17 heavy (non-hydrogen) atoms. The fraction of sp³-hybridized carbons (Fsp3) is 0.250. The standard InChI is InChI=1S/C12H14BrN3S/c1-16(7-9-5-11(13)17-8-9)12-10(6-14)3-2-4-15-12/h2-5,8H,6-7,14H2,1H3. The van der Waals surface area contributed by atoms with Crippen molar-refractivity contribution < 1.29 is 0 Å². The number of rotatable bonds is 4. The Hall–Kier alpha value is -0.910. The average Bonchev–Trinajstić information content (AvgIpc) is 2.74. The van der Waals surface area contributed by atoms with Crippen LogP contribution in [0.25, 0.3) is 0 Å². The summed E-state index contributed by atoms with van der Waals surface area (Å²) in [5.41, 5.74) is 8.06. The summed E-state index contributed by atoms with van der Waals surface area (Å²) in [6.07, 6.45) is 1.80. The van der Waals surface area contributed by atoms with Crippen molar-refractivity contribution in [1.82, 2.24) is 4.98 Å². The van der Waals surface area contributed by atoms with E-state index < -0.39 is 0 Å². The van der Waals surface area contributed by atoms with Gasteiger partial charge in [0, 0.05) is 31.9 Å². The van der Waals surface area contributed by atoms with Gasteiger partial charge in [-0.15, -0.1) is 11.3 Å². The molecule has 2 aromatic heterocycles. The lowest BCUT2D eigenvalue weighted by atomic mass is 10.2. The number of hydrogen-bond donors (Lipinski definition) is 1. The van der Waals surface area contributed by atoms with E-state index in [0.717, 1.165) is 21.7 Å². The van der Waals surface area contributed by atoms with E-state index in [1.807, 2.05) is 19.2 Å². The molecule has 2 rings (SSSR count). The Morgan fingerprint density at radius 3 is 3.00 bits per heavy atom. The Morgan fingerprint density at radius 2 is 2.35 bits per heavy atom. The Morgan fingerprint density at radius 1 is 1.53 bits per heavy atom. The highest BCUT2D eigenvalue weighted by atomic mass is 79.9. The molecule has 2 N–H and O–H groups in total. The van der Waals surface area contributed by atoms with Crippen molar-refractivity contribution in [2.45, 2.75) is 13.1 Å². The van der Waals surface area contributed by atoms with Crippen LogP contribution in [0, 0.1) is 0 Å². The first-order chi connectivity index (χ1) is 8.20. The van der Waals surface area contributed by atoms with Crippen LogP contribution in [0.15, 0.2) is 33.6 Å². The Labute approximate surface area is 113 Å². The molecule has 2 aromatic rings. The first-order valence-corrected chi connectivity index (χ1v) is 6.96. The molecule has 5 heteroatoms. The predicted octanol–water partition coefficient (Wildman–Crippen LogP) is 3.00. The number of thiophene rings is 1. The summed E-state index contributed by atoms with van der Waals surface area (Å²) >= 11 is 5.17. The van der Waals surface area contributed by atoms with Crippen LogP contribution in [-0.4, -0.2) is 12.0 Å². The Kier molecular flexibility index (Phi) is 4.15. The minimum Gasteiger partial charge on any atom is -0.355 e. The second-order valence-corrected chi connectivity index (χ2v) is 6.10. The van der Waals surface area contributed by atoms with E-state index in [2.05, 4.69) is 37.3 Å². The number of hydrogen-bond acceptors (Lipinski definition) is 4. The fourth-order valence-corrected chi connectivity index (χ4v) is 2.91. The van der Waals surface area contributed by atoms with Crippen LogP contribution in [0.4, 0.5) is 5.82 Å². The number of nitrogens with zero attached hydrogens (tertiary/aromatic N) is 2. The molecule has 0 spiro atoms. The number of nitrogens with two attached hydrogens (primary N) is 1. The smallest absolute Gasteiger partial charge is 0.133 e. The van der Waals surface area contributed by atoms with Crippen LogP contribution in [0.5, 0.6) is 0 Å². The molecule has 0 saturated heterocycles. The summed E-state index contributed by atoms with van der Waals surface area (Å²) in [5, 5.41) is 2.14. The number of anilines is 1. The fourth-order valence-electron chi connectivity index (χ4n) is 1.71. The van der Waals surface area contributed by atoms with Gasteiger partial charge in [0.05, 0.1) is 3.79 Å². The van der Waals surface area contributed by atoms with E-state index in [0.29, 0.717) is 6.54 Å². The molecule has 0 fully saturated rings. The second-order valence-electron chi connectivity index (χ2n) is 3.81. The van der Waals surface area contributed by atoms with E-state index in [4.69, 9.17) is 5.73 Å². The third-order valence-electron chi connectivity index (χ3n) is 2.49. The van der Waals surface area contributed by atoms with Crippen molar-refractivity contribution in [3.63, 3.8) is 0 Å². The maximum Gasteiger partial charge on any atom is 0.133 e. The van der Waals surface area contributed by atoms with Crippen molar-refractivity contribution in [3.8, 4) is 0 Å². The van der Waals surface area contributed by atoms with Gasteiger partial charge in [-0.3, -0.25) is 0 Å². The van der Waals surface area contributed by atoms with Gasteiger partial charge in [-0.05, 0) is 39.0 Å². The summed E-state index contributed by atoms with van der Waals surface area (Å²) in [7, 11) is 2.03. The molecule has 0 unspecified atom stereocenters. The summed E-state index contributed by atoms with van der Waals surface area (Å²) in [6.45, 7) is 1.35. The Bertz CT molecular complexity index is 498. The second kappa shape index (κ2) is 5.62. The minimum atomic E-state index is 0.515. The molecule has 90 valence electrons. The van der Waals surface area contributed by atoms with E-state index in [9.17, 15) is 0 Å². The van der Waals surface area contributed by atoms with Gasteiger partial charge in [0.25, 0.3) is 0 Å². The lowest BCUT2D eigenvalue weighted by molar-refractivity contribution is 0.879. The normalized spacial score (nSPS) is 10.5. The van der Waals surface area contributed by atoms with Crippen LogP contribution in [0.3, 0.4) is 0 Å². The number of aromatic nitrogens is 1.